The second-order valence-corrected chi connectivity index (χ2v) is 5.26. The summed E-state index contributed by atoms with van der Waals surface area (Å²) >= 11 is 3.33. The van der Waals surface area contributed by atoms with Gasteiger partial charge in [0.05, 0.1) is 13.2 Å². The molecule has 0 amide bonds. The van der Waals surface area contributed by atoms with Crippen LogP contribution in [0, 0.1) is 11.6 Å². The molecule has 0 aliphatic carbocycles. The molecule has 0 fully saturated rings. The second-order valence-electron chi connectivity index (χ2n) is 4.34. The first-order valence-electron chi connectivity index (χ1n) is 5.96. The van der Waals surface area contributed by atoms with E-state index in [9.17, 15) is 13.9 Å². The van der Waals surface area contributed by atoms with Gasteiger partial charge in [0.2, 0.25) is 0 Å². The quantitative estimate of drug-likeness (QED) is 0.909. The molecule has 0 radical (unpaired) electrons. The molecule has 20 heavy (non-hydrogen) atoms. The average Bonchev–Trinajstić information content (AvgIpc) is 2.38. The molecule has 2 rings (SSSR count). The lowest BCUT2D eigenvalue weighted by atomic mass is 10.0. The van der Waals surface area contributed by atoms with Crippen LogP contribution in [0.15, 0.2) is 40.9 Å². The van der Waals surface area contributed by atoms with Crippen molar-refractivity contribution in [2.75, 3.05) is 7.11 Å². The Balaban J connectivity index is 2.27. The van der Waals surface area contributed by atoms with Crippen LogP contribution >= 0.6 is 15.9 Å². The molecule has 2 aromatic carbocycles. The highest BCUT2D eigenvalue weighted by atomic mass is 79.9. The summed E-state index contributed by atoms with van der Waals surface area (Å²) in [6, 6.07) is 8.50. The molecule has 0 heterocycles. The maximum atomic E-state index is 13.6. The summed E-state index contributed by atoms with van der Waals surface area (Å²) in [5, 5.41) is 10.1. The van der Waals surface area contributed by atoms with Gasteiger partial charge in [0.15, 0.2) is 0 Å². The molecular formula is C15H13BrF2O2. The lowest BCUT2D eigenvalue weighted by Crippen LogP contribution is -2.06. The van der Waals surface area contributed by atoms with E-state index in [0.717, 1.165) is 22.2 Å². The van der Waals surface area contributed by atoms with Gasteiger partial charge in [0.1, 0.15) is 17.4 Å². The predicted molar refractivity (Wildman–Crippen MR) is 75.7 cm³/mol. The van der Waals surface area contributed by atoms with Crippen LogP contribution in [0.4, 0.5) is 8.78 Å². The molecule has 1 unspecified atom stereocenters. The van der Waals surface area contributed by atoms with Crippen LogP contribution in [0.3, 0.4) is 0 Å². The lowest BCUT2D eigenvalue weighted by molar-refractivity contribution is 0.172. The fraction of sp³-hybridized carbons (Fsp3) is 0.200. The second kappa shape index (κ2) is 6.33. The lowest BCUT2D eigenvalue weighted by Gasteiger charge is -2.15. The van der Waals surface area contributed by atoms with Crippen molar-refractivity contribution in [1.29, 1.82) is 0 Å². The Kier molecular flexibility index (Phi) is 4.73. The zero-order valence-electron chi connectivity index (χ0n) is 10.7. The molecule has 2 nitrogen and oxygen atoms in total. The minimum absolute atomic E-state index is 0.0634. The number of hydrogen-bond acceptors (Lipinski definition) is 2. The molecule has 0 saturated carbocycles. The molecule has 0 saturated heterocycles. The summed E-state index contributed by atoms with van der Waals surface area (Å²) in [6.45, 7) is 0. The average molecular weight is 343 g/mol. The third-order valence-electron chi connectivity index (χ3n) is 2.98. The Hall–Kier alpha value is -1.46. The van der Waals surface area contributed by atoms with E-state index in [2.05, 4.69) is 15.9 Å². The molecule has 0 aliphatic heterocycles. The van der Waals surface area contributed by atoms with Gasteiger partial charge in [-0.25, -0.2) is 8.78 Å². The zero-order chi connectivity index (χ0) is 14.7. The fourth-order valence-corrected chi connectivity index (χ4v) is 2.41. The summed E-state index contributed by atoms with van der Waals surface area (Å²) in [7, 11) is 1.53. The monoisotopic (exact) mass is 342 g/mol. The van der Waals surface area contributed by atoms with Crippen molar-refractivity contribution in [1.82, 2.24) is 0 Å². The largest absolute Gasteiger partial charge is 0.496 e. The first kappa shape index (κ1) is 14.9. The Bertz CT molecular complexity index is 617. The van der Waals surface area contributed by atoms with E-state index in [0.29, 0.717) is 5.75 Å². The first-order valence-corrected chi connectivity index (χ1v) is 6.76. The van der Waals surface area contributed by atoms with Gasteiger partial charge in [-0.15, -0.1) is 0 Å². The Labute approximate surface area is 124 Å². The third kappa shape index (κ3) is 3.35. The van der Waals surface area contributed by atoms with Gasteiger partial charge in [-0.3, -0.25) is 0 Å². The van der Waals surface area contributed by atoms with Gasteiger partial charge in [0.25, 0.3) is 0 Å². The summed E-state index contributed by atoms with van der Waals surface area (Å²) in [6.07, 6.45) is -0.899. The number of aliphatic hydroxyl groups is 1. The minimum atomic E-state index is -1.07. The number of benzene rings is 2. The molecule has 0 spiro atoms. The smallest absolute Gasteiger partial charge is 0.131 e. The minimum Gasteiger partial charge on any atom is -0.496 e. The molecule has 1 N–H and O–H groups in total. The summed E-state index contributed by atoms with van der Waals surface area (Å²) in [5.41, 5.74) is 0.798. The SMILES string of the molecule is COc1ccc(Br)cc1CC(O)c1ccc(F)cc1F. The van der Waals surface area contributed by atoms with Gasteiger partial charge in [-0.05, 0) is 29.8 Å². The van der Waals surface area contributed by atoms with Crippen LogP contribution in [0.2, 0.25) is 0 Å². The van der Waals surface area contributed by atoms with Gasteiger partial charge in [0, 0.05) is 22.5 Å². The van der Waals surface area contributed by atoms with E-state index in [1.807, 2.05) is 6.07 Å². The highest BCUT2D eigenvalue weighted by Crippen LogP contribution is 2.29. The number of ether oxygens (including phenoxy) is 1. The molecule has 1 atom stereocenters. The third-order valence-corrected chi connectivity index (χ3v) is 3.47. The van der Waals surface area contributed by atoms with Crippen molar-refractivity contribution in [3.05, 3.63) is 63.6 Å². The Morgan fingerprint density at radius 3 is 2.60 bits per heavy atom. The van der Waals surface area contributed by atoms with E-state index in [1.165, 1.54) is 13.2 Å². The van der Waals surface area contributed by atoms with E-state index < -0.39 is 17.7 Å². The number of aliphatic hydroxyl groups excluding tert-OH is 1. The van der Waals surface area contributed by atoms with E-state index >= 15 is 0 Å². The van der Waals surface area contributed by atoms with Gasteiger partial charge in [-0.1, -0.05) is 22.0 Å². The van der Waals surface area contributed by atoms with Crippen molar-refractivity contribution < 1.29 is 18.6 Å². The zero-order valence-corrected chi connectivity index (χ0v) is 12.3. The van der Waals surface area contributed by atoms with Crippen LogP contribution in [0.1, 0.15) is 17.2 Å². The Morgan fingerprint density at radius 1 is 1.20 bits per heavy atom. The van der Waals surface area contributed by atoms with Gasteiger partial charge < -0.3 is 9.84 Å². The molecule has 0 bridgehead atoms. The number of halogens is 3. The maximum absolute atomic E-state index is 13.6. The highest BCUT2D eigenvalue weighted by Gasteiger charge is 2.16. The highest BCUT2D eigenvalue weighted by molar-refractivity contribution is 9.10. The predicted octanol–water partition coefficient (Wildman–Crippen LogP) is 4.01. The van der Waals surface area contributed by atoms with Crippen molar-refractivity contribution in [3.8, 4) is 5.75 Å². The van der Waals surface area contributed by atoms with Crippen molar-refractivity contribution in [2.45, 2.75) is 12.5 Å². The number of rotatable bonds is 4. The van der Waals surface area contributed by atoms with E-state index in [1.54, 1.807) is 12.1 Å². The number of methoxy groups -OCH3 is 1. The van der Waals surface area contributed by atoms with Crippen LogP contribution in [0.5, 0.6) is 5.75 Å². The maximum Gasteiger partial charge on any atom is 0.131 e. The first-order chi connectivity index (χ1) is 9.51. The summed E-state index contributed by atoms with van der Waals surface area (Å²) in [4.78, 5) is 0. The van der Waals surface area contributed by atoms with Crippen LogP contribution in [-0.2, 0) is 6.42 Å². The van der Waals surface area contributed by atoms with Crippen LogP contribution in [-0.4, -0.2) is 12.2 Å². The molecule has 5 heteroatoms. The molecule has 0 aliphatic rings. The van der Waals surface area contributed by atoms with Crippen LogP contribution < -0.4 is 4.74 Å². The standard InChI is InChI=1S/C15H13BrF2O2/c1-20-15-5-2-10(16)6-9(15)7-14(19)12-4-3-11(17)8-13(12)18/h2-6,8,14,19H,7H2,1H3. The molecule has 0 aromatic heterocycles. The topological polar surface area (TPSA) is 29.5 Å². The van der Waals surface area contributed by atoms with Crippen LogP contribution in [0.25, 0.3) is 0 Å². The van der Waals surface area contributed by atoms with Gasteiger partial charge >= 0.3 is 0 Å². The molecular weight excluding hydrogens is 330 g/mol. The molecule has 2 aromatic rings. The molecule has 106 valence electrons. The number of hydrogen-bond donors (Lipinski definition) is 1. The summed E-state index contributed by atoms with van der Waals surface area (Å²) in [5.74, 6) is -0.820. The van der Waals surface area contributed by atoms with Crippen molar-refractivity contribution in [3.63, 3.8) is 0 Å². The fourth-order valence-electron chi connectivity index (χ4n) is 2.00. The van der Waals surface area contributed by atoms with Gasteiger partial charge in [-0.2, -0.15) is 0 Å². The normalized spacial score (nSPS) is 12.2. The van der Waals surface area contributed by atoms with E-state index in [4.69, 9.17) is 4.74 Å². The van der Waals surface area contributed by atoms with E-state index in [-0.39, 0.29) is 12.0 Å². The van der Waals surface area contributed by atoms with Crippen molar-refractivity contribution >= 4 is 15.9 Å². The Morgan fingerprint density at radius 2 is 1.95 bits per heavy atom. The van der Waals surface area contributed by atoms with Crippen molar-refractivity contribution in [2.24, 2.45) is 0 Å². The summed E-state index contributed by atoms with van der Waals surface area (Å²) < 4.78 is 32.5.